The molecular formula is C8H5FN2O. The molecule has 0 bridgehead atoms. The first-order valence-electron chi connectivity index (χ1n) is 3.11. The Morgan fingerprint density at radius 1 is 1.58 bits per heavy atom. The molecule has 0 saturated heterocycles. The smallest absolute Gasteiger partial charge is 0.214 e. The average Bonchev–Trinajstić information content (AvgIpc) is 2.07. The van der Waals surface area contributed by atoms with Crippen LogP contribution in [0.25, 0.3) is 0 Å². The molecule has 12 heavy (non-hydrogen) atoms. The van der Waals surface area contributed by atoms with Crippen molar-refractivity contribution in [3.8, 4) is 11.8 Å². The van der Waals surface area contributed by atoms with Crippen LogP contribution in [0.5, 0.6) is 0 Å². The van der Waals surface area contributed by atoms with Crippen LogP contribution in [0.2, 0.25) is 0 Å². The van der Waals surface area contributed by atoms with Crippen molar-refractivity contribution in [3.63, 3.8) is 0 Å². The summed E-state index contributed by atoms with van der Waals surface area (Å²) >= 11 is 0. The zero-order chi connectivity index (χ0) is 8.97. The molecule has 0 spiro atoms. The summed E-state index contributed by atoms with van der Waals surface area (Å²) in [4.78, 5) is 13.2. The lowest BCUT2D eigenvalue weighted by Crippen LogP contribution is -1.95. The van der Waals surface area contributed by atoms with Crippen LogP contribution in [0.4, 0.5) is 10.1 Å². The largest absolute Gasteiger partial charge is 0.396 e. The van der Waals surface area contributed by atoms with Crippen LogP contribution in [0, 0.1) is 17.8 Å². The summed E-state index contributed by atoms with van der Waals surface area (Å²) in [6.07, 6.45) is 0.395. The summed E-state index contributed by atoms with van der Waals surface area (Å²) in [7, 11) is 0. The number of hydrogen-bond acceptors (Lipinski definition) is 3. The number of hydrogen-bond donors (Lipinski definition) is 1. The van der Waals surface area contributed by atoms with Gasteiger partial charge in [-0.2, -0.15) is 4.39 Å². The van der Waals surface area contributed by atoms with Gasteiger partial charge in [-0.25, -0.2) is 4.98 Å². The van der Waals surface area contributed by atoms with Crippen LogP contribution < -0.4 is 5.73 Å². The van der Waals surface area contributed by atoms with Crippen LogP contribution in [-0.4, -0.2) is 11.3 Å². The summed E-state index contributed by atoms with van der Waals surface area (Å²) in [5, 5.41) is 0. The number of carbonyl (C=O) groups excluding carboxylic acids is 1. The molecule has 0 fully saturated rings. The third kappa shape index (κ3) is 1.80. The van der Waals surface area contributed by atoms with E-state index in [4.69, 9.17) is 5.73 Å². The second kappa shape index (κ2) is 3.49. The molecule has 1 aromatic rings. The molecule has 1 aromatic heterocycles. The van der Waals surface area contributed by atoms with Gasteiger partial charge < -0.3 is 5.73 Å². The lowest BCUT2D eigenvalue weighted by Gasteiger charge is -1.94. The Bertz CT molecular complexity index is 365. The summed E-state index contributed by atoms with van der Waals surface area (Å²) in [6.45, 7) is 0. The number of rotatable bonds is 0. The van der Waals surface area contributed by atoms with Crippen molar-refractivity contribution < 1.29 is 9.18 Å². The highest BCUT2D eigenvalue weighted by atomic mass is 19.1. The molecule has 0 unspecified atom stereocenters. The number of nitrogen functional groups attached to an aromatic ring is 1. The Kier molecular flexibility index (Phi) is 2.38. The lowest BCUT2D eigenvalue weighted by molar-refractivity contribution is -0.103. The van der Waals surface area contributed by atoms with Gasteiger partial charge >= 0.3 is 0 Å². The second-order valence-electron chi connectivity index (χ2n) is 1.96. The number of nitrogens with two attached hydrogens (primary N) is 1. The molecule has 0 saturated carbocycles. The van der Waals surface area contributed by atoms with E-state index in [2.05, 4.69) is 16.8 Å². The molecular weight excluding hydrogens is 159 g/mol. The van der Waals surface area contributed by atoms with E-state index in [-0.39, 0.29) is 11.4 Å². The maximum atomic E-state index is 12.5. The lowest BCUT2D eigenvalue weighted by atomic mass is 10.3. The quantitative estimate of drug-likeness (QED) is 0.342. The predicted molar refractivity (Wildman–Crippen MR) is 41.5 cm³/mol. The monoisotopic (exact) mass is 164 g/mol. The Morgan fingerprint density at radius 2 is 2.33 bits per heavy atom. The molecule has 0 aromatic carbocycles. The van der Waals surface area contributed by atoms with Crippen LogP contribution >= 0.6 is 0 Å². The Labute approximate surface area is 68.4 Å². The summed E-state index contributed by atoms with van der Waals surface area (Å²) in [5.74, 6) is 3.73. The topological polar surface area (TPSA) is 56.0 Å². The van der Waals surface area contributed by atoms with Gasteiger partial charge in [0.2, 0.25) is 5.95 Å². The van der Waals surface area contributed by atoms with Gasteiger partial charge in [0, 0.05) is 0 Å². The number of nitrogens with zero attached hydrogens (tertiary/aromatic N) is 1. The third-order valence-corrected chi connectivity index (χ3v) is 1.14. The minimum atomic E-state index is -0.667. The van der Waals surface area contributed by atoms with Crippen LogP contribution in [0.3, 0.4) is 0 Å². The standard InChI is InChI=1S/C8H5FN2O/c9-8-4-3-6(10)7(11-8)2-1-5-12/h3-5H,10H2. The number of carbonyl (C=O) groups is 1. The van der Waals surface area contributed by atoms with Gasteiger partial charge in [-0.3, -0.25) is 4.79 Å². The number of pyridine rings is 1. The molecule has 1 rings (SSSR count). The Morgan fingerprint density at radius 3 is 3.00 bits per heavy atom. The first-order chi connectivity index (χ1) is 5.74. The predicted octanol–water partition coefficient (Wildman–Crippen LogP) is 0.353. The molecule has 0 radical (unpaired) electrons. The van der Waals surface area contributed by atoms with Gasteiger partial charge in [0.15, 0.2) is 6.29 Å². The molecule has 0 aliphatic rings. The van der Waals surface area contributed by atoms with Crippen LogP contribution in [0.1, 0.15) is 5.69 Å². The van der Waals surface area contributed by atoms with Crippen molar-refractivity contribution in [1.82, 2.24) is 4.98 Å². The molecule has 0 aliphatic heterocycles. The molecule has 0 aliphatic carbocycles. The molecule has 60 valence electrons. The van der Waals surface area contributed by atoms with Gasteiger partial charge in [-0.15, -0.1) is 0 Å². The summed E-state index contributed by atoms with van der Waals surface area (Å²) in [5.41, 5.74) is 5.72. The molecule has 4 heteroatoms. The molecule has 3 nitrogen and oxygen atoms in total. The van der Waals surface area contributed by atoms with Gasteiger partial charge in [-0.1, -0.05) is 0 Å². The maximum absolute atomic E-state index is 12.5. The zero-order valence-electron chi connectivity index (χ0n) is 6.04. The highest BCUT2D eigenvalue weighted by molar-refractivity contribution is 5.74. The van der Waals surface area contributed by atoms with E-state index >= 15 is 0 Å². The van der Waals surface area contributed by atoms with Crippen molar-refractivity contribution in [1.29, 1.82) is 0 Å². The SMILES string of the molecule is Nc1ccc(F)nc1C#CC=O. The number of anilines is 1. The zero-order valence-corrected chi connectivity index (χ0v) is 6.04. The van der Waals surface area contributed by atoms with Crippen molar-refractivity contribution in [2.45, 2.75) is 0 Å². The molecule has 2 N–H and O–H groups in total. The van der Waals surface area contributed by atoms with E-state index in [0.29, 0.717) is 6.29 Å². The second-order valence-corrected chi connectivity index (χ2v) is 1.96. The van der Waals surface area contributed by atoms with Crippen molar-refractivity contribution >= 4 is 12.0 Å². The van der Waals surface area contributed by atoms with Crippen molar-refractivity contribution in [2.24, 2.45) is 0 Å². The summed E-state index contributed by atoms with van der Waals surface area (Å²) < 4.78 is 12.5. The van der Waals surface area contributed by atoms with E-state index in [0.717, 1.165) is 6.07 Å². The first-order valence-corrected chi connectivity index (χ1v) is 3.11. The fraction of sp³-hybridized carbons (Fsp3) is 0. The van der Waals surface area contributed by atoms with Crippen molar-refractivity contribution in [2.75, 3.05) is 5.73 Å². The van der Waals surface area contributed by atoms with Crippen LogP contribution in [-0.2, 0) is 4.79 Å². The minimum Gasteiger partial charge on any atom is -0.396 e. The normalized spacial score (nSPS) is 8.42. The Balaban J connectivity index is 3.13. The fourth-order valence-corrected chi connectivity index (χ4v) is 0.644. The molecule has 0 atom stereocenters. The van der Waals surface area contributed by atoms with Crippen LogP contribution in [0.15, 0.2) is 12.1 Å². The number of aromatic nitrogens is 1. The van der Waals surface area contributed by atoms with E-state index in [9.17, 15) is 9.18 Å². The third-order valence-electron chi connectivity index (χ3n) is 1.14. The van der Waals surface area contributed by atoms with Gasteiger partial charge in [-0.05, 0) is 24.0 Å². The highest BCUT2D eigenvalue weighted by Gasteiger charge is 1.98. The molecule has 1 heterocycles. The maximum Gasteiger partial charge on any atom is 0.214 e. The van der Waals surface area contributed by atoms with Crippen molar-refractivity contribution in [3.05, 3.63) is 23.8 Å². The summed E-state index contributed by atoms with van der Waals surface area (Å²) in [6, 6.07) is 2.47. The van der Waals surface area contributed by atoms with E-state index < -0.39 is 5.95 Å². The minimum absolute atomic E-state index is 0.0853. The average molecular weight is 164 g/mol. The van der Waals surface area contributed by atoms with Gasteiger partial charge in [0.05, 0.1) is 5.69 Å². The van der Waals surface area contributed by atoms with Gasteiger partial charge in [0.1, 0.15) is 5.69 Å². The highest BCUT2D eigenvalue weighted by Crippen LogP contribution is 2.06. The van der Waals surface area contributed by atoms with E-state index in [1.807, 2.05) is 0 Å². The van der Waals surface area contributed by atoms with E-state index in [1.54, 1.807) is 0 Å². The number of halogens is 1. The first kappa shape index (κ1) is 8.21. The Hall–Kier alpha value is -1.89. The number of aldehydes is 1. The molecule has 0 amide bonds. The van der Waals surface area contributed by atoms with Gasteiger partial charge in [0.25, 0.3) is 0 Å². The van der Waals surface area contributed by atoms with E-state index in [1.165, 1.54) is 6.07 Å². The fourth-order valence-electron chi connectivity index (χ4n) is 0.644.